The number of hydrogen-bond donors (Lipinski definition) is 1. The number of methoxy groups -OCH3 is 1. The molecule has 1 N–H and O–H groups in total. The Kier molecular flexibility index (Phi) is 6.42. The average Bonchev–Trinajstić information content (AvgIpc) is 3.38. The maximum atomic E-state index is 13.2. The second-order valence-electron chi connectivity index (χ2n) is 8.27. The standard InChI is InChI=1S/C26H24N2O7/c1-14(2)34-19-11-9-17(10-12-19)23(29)21-22(16-5-7-18(8-6-16)26(32)33-4)28(25(31)24(21)30)20-13-15(3)35-27-20/h5-14,22,29H,1-4H3/b23-21+. The van der Waals surface area contributed by atoms with Crippen molar-refractivity contribution < 1.29 is 33.5 Å². The molecule has 2 heterocycles. The number of rotatable bonds is 6. The summed E-state index contributed by atoms with van der Waals surface area (Å²) in [6.07, 6.45) is -0.0290. The van der Waals surface area contributed by atoms with Crippen LogP contribution in [0.5, 0.6) is 5.75 Å². The third kappa shape index (κ3) is 4.52. The molecule has 1 unspecified atom stereocenters. The molecule has 0 aliphatic carbocycles. The van der Waals surface area contributed by atoms with E-state index in [1.807, 2.05) is 13.8 Å². The van der Waals surface area contributed by atoms with E-state index in [9.17, 15) is 19.5 Å². The van der Waals surface area contributed by atoms with Gasteiger partial charge in [-0.05, 0) is 62.7 Å². The molecule has 180 valence electrons. The fraction of sp³-hybridized carbons (Fsp3) is 0.231. The predicted molar refractivity (Wildman–Crippen MR) is 126 cm³/mol. The van der Waals surface area contributed by atoms with Gasteiger partial charge in [-0.25, -0.2) is 4.79 Å². The fourth-order valence-electron chi connectivity index (χ4n) is 3.89. The Bertz CT molecular complexity index is 1300. The average molecular weight is 476 g/mol. The number of amides is 1. The number of ketones is 1. The summed E-state index contributed by atoms with van der Waals surface area (Å²) in [7, 11) is 1.27. The Labute approximate surface area is 201 Å². The van der Waals surface area contributed by atoms with Crippen molar-refractivity contribution in [2.24, 2.45) is 0 Å². The number of benzene rings is 2. The van der Waals surface area contributed by atoms with Crippen molar-refractivity contribution in [2.75, 3.05) is 12.0 Å². The predicted octanol–water partition coefficient (Wildman–Crippen LogP) is 4.18. The second kappa shape index (κ2) is 9.46. The zero-order chi connectivity index (χ0) is 25.3. The number of nitrogens with zero attached hydrogens (tertiary/aromatic N) is 2. The highest BCUT2D eigenvalue weighted by Crippen LogP contribution is 2.42. The summed E-state index contributed by atoms with van der Waals surface area (Å²) < 4.78 is 15.5. The van der Waals surface area contributed by atoms with Gasteiger partial charge in [0.15, 0.2) is 5.82 Å². The number of carbonyl (C=O) groups is 3. The van der Waals surface area contributed by atoms with E-state index in [0.717, 1.165) is 0 Å². The Morgan fingerprint density at radius 3 is 2.23 bits per heavy atom. The molecule has 1 fully saturated rings. The van der Waals surface area contributed by atoms with Crippen molar-refractivity contribution in [1.29, 1.82) is 0 Å². The minimum atomic E-state index is -1.00. The fourth-order valence-corrected chi connectivity index (χ4v) is 3.89. The van der Waals surface area contributed by atoms with Crippen molar-refractivity contribution in [2.45, 2.75) is 32.9 Å². The molecule has 1 aromatic heterocycles. The molecule has 9 heteroatoms. The summed E-state index contributed by atoms with van der Waals surface area (Å²) in [4.78, 5) is 39.3. The largest absolute Gasteiger partial charge is 0.507 e. The number of aromatic nitrogens is 1. The highest BCUT2D eigenvalue weighted by atomic mass is 16.5. The smallest absolute Gasteiger partial charge is 0.337 e. The lowest BCUT2D eigenvalue weighted by Crippen LogP contribution is -2.29. The van der Waals surface area contributed by atoms with E-state index in [1.54, 1.807) is 43.3 Å². The van der Waals surface area contributed by atoms with Crippen LogP contribution in [0.4, 0.5) is 5.82 Å². The van der Waals surface area contributed by atoms with E-state index in [-0.39, 0.29) is 23.3 Å². The minimum absolute atomic E-state index is 0.0290. The van der Waals surface area contributed by atoms with Crippen LogP contribution < -0.4 is 9.64 Å². The zero-order valence-electron chi connectivity index (χ0n) is 19.6. The zero-order valence-corrected chi connectivity index (χ0v) is 19.6. The number of aliphatic hydroxyl groups is 1. The molecule has 0 spiro atoms. The van der Waals surface area contributed by atoms with Gasteiger partial charge in [0, 0.05) is 11.6 Å². The van der Waals surface area contributed by atoms with Crippen LogP contribution in [0.1, 0.15) is 47.1 Å². The van der Waals surface area contributed by atoms with Crippen LogP contribution >= 0.6 is 0 Å². The summed E-state index contributed by atoms with van der Waals surface area (Å²) in [5, 5.41) is 15.1. The Morgan fingerprint density at radius 2 is 1.69 bits per heavy atom. The first-order valence-electron chi connectivity index (χ1n) is 10.9. The van der Waals surface area contributed by atoms with Crippen molar-refractivity contribution in [3.63, 3.8) is 0 Å². The van der Waals surface area contributed by atoms with Gasteiger partial charge in [0.25, 0.3) is 5.78 Å². The summed E-state index contributed by atoms with van der Waals surface area (Å²) in [5.74, 6) is -1.42. The highest BCUT2D eigenvalue weighted by molar-refractivity contribution is 6.51. The molecule has 4 rings (SSSR count). The Hall–Kier alpha value is -4.40. The molecule has 0 radical (unpaired) electrons. The van der Waals surface area contributed by atoms with E-state index < -0.39 is 23.7 Å². The van der Waals surface area contributed by atoms with Gasteiger partial charge in [-0.3, -0.25) is 14.5 Å². The molecule has 1 amide bonds. The van der Waals surface area contributed by atoms with E-state index >= 15 is 0 Å². The maximum absolute atomic E-state index is 13.2. The molecular formula is C26H24N2O7. The van der Waals surface area contributed by atoms with Crippen LogP contribution in [0.2, 0.25) is 0 Å². The molecule has 3 aromatic rings. The van der Waals surface area contributed by atoms with Crippen molar-refractivity contribution in [1.82, 2.24) is 5.16 Å². The van der Waals surface area contributed by atoms with Gasteiger partial charge >= 0.3 is 11.9 Å². The van der Waals surface area contributed by atoms with Crippen molar-refractivity contribution in [3.05, 3.63) is 82.6 Å². The maximum Gasteiger partial charge on any atom is 0.337 e. The number of aliphatic hydroxyl groups excluding tert-OH is 1. The van der Waals surface area contributed by atoms with Crippen LogP contribution in [0.25, 0.3) is 5.76 Å². The third-order valence-corrected chi connectivity index (χ3v) is 5.45. The van der Waals surface area contributed by atoms with Gasteiger partial charge in [0.1, 0.15) is 17.3 Å². The number of Topliss-reactive ketones (excluding diaryl/α,β-unsaturated/α-hetero) is 1. The van der Waals surface area contributed by atoms with Crippen LogP contribution in [-0.2, 0) is 14.3 Å². The summed E-state index contributed by atoms with van der Waals surface area (Å²) >= 11 is 0. The van der Waals surface area contributed by atoms with E-state index in [1.165, 1.54) is 30.2 Å². The number of esters is 1. The van der Waals surface area contributed by atoms with E-state index in [4.69, 9.17) is 14.0 Å². The third-order valence-electron chi connectivity index (χ3n) is 5.45. The van der Waals surface area contributed by atoms with E-state index in [0.29, 0.717) is 28.2 Å². The van der Waals surface area contributed by atoms with Gasteiger partial charge in [-0.2, -0.15) is 0 Å². The number of carbonyl (C=O) groups excluding carboxylic acids is 3. The molecule has 1 aliphatic heterocycles. The summed E-state index contributed by atoms with van der Waals surface area (Å²) in [5.41, 5.74) is 1.01. The number of ether oxygens (including phenoxy) is 2. The lowest BCUT2D eigenvalue weighted by atomic mass is 9.94. The number of anilines is 1. The van der Waals surface area contributed by atoms with Crippen molar-refractivity contribution >= 4 is 29.2 Å². The first kappa shape index (κ1) is 23.7. The molecule has 0 bridgehead atoms. The Balaban J connectivity index is 1.84. The first-order valence-corrected chi connectivity index (χ1v) is 10.9. The molecule has 9 nitrogen and oxygen atoms in total. The normalized spacial score (nSPS) is 17.2. The quantitative estimate of drug-likeness (QED) is 0.244. The number of hydrogen-bond acceptors (Lipinski definition) is 8. The topological polar surface area (TPSA) is 119 Å². The first-order chi connectivity index (χ1) is 16.7. The molecule has 1 atom stereocenters. The summed E-state index contributed by atoms with van der Waals surface area (Å²) in [6.45, 7) is 5.45. The Morgan fingerprint density at radius 1 is 1.06 bits per heavy atom. The molecule has 0 saturated carbocycles. The molecular weight excluding hydrogens is 452 g/mol. The molecule has 35 heavy (non-hydrogen) atoms. The van der Waals surface area contributed by atoms with Gasteiger partial charge in [-0.15, -0.1) is 0 Å². The molecule has 2 aromatic carbocycles. The lowest BCUT2D eigenvalue weighted by molar-refractivity contribution is -0.132. The van der Waals surface area contributed by atoms with Crippen LogP contribution in [-0.4, -0.2) is 41.1 Å². The highest BCUT2D eigenvalue weighted by Gasteiger charge is 2.48. The SMILES string of the molecule is COC(=O)c1ccc(C2/C(=C(\O)c3ccc(OC(C)C)cc3)C(=O)C(=O)N2c2cc(C)on2)cc1. The van der Waals surface area contributed by atoms with Crippen molar-refractivity contribution in [3.8, 4) is 5.75 Å². The van der Waals surface area contributed by atoms with Gasteiger partial charge in [0.05, 0.1) is 30.4 Å². The van der Waals surface area contributed by atoms with Gasteiger partial charge in [0.2, 0.25) is 0 Å². The lowest BCUT2D eigenvalue weighted by Gasteiger charge is -2.23. The minimum Gasteiger partial charge on any atom is -0.507 e. The van der Waals surface area contributed by atoms with Crippen LogP contribution in [0.15, 0.2) is 64.7 Å². The van der Waals surface area contributed by atoms with Gasteiger partial charge in [-0.1, -0.05) is 17.3 Å². The van der Waals surface area contributed by atoms with E-state index in [2.05, 4.69) is 5.16 Å². The molecule has 1 aliphatic rings. The number of aryl methyl sites for hydroxylation is 1. The van der Waals surface area contributed by atoms with Crippen LogP contribution in [0.3, 0.4) is 0 Å². The second-order valence-corrected chi connectivity index (χ2v) is 8.27. The monoisotopic (exact) mass is 476 g/mol. The van der Waals surface area contributed by atoms with Crippen LogP contribution in [0, 0.1) is 6.92 Å². The molecule has 1 saturated heterocycles. The van der Waals surface area contributed by atoms with Gasteiger partial charge < -0.3 is 19.1 Å². The summed E-state index contributed by atoms with van der Waals surface area (Å²) in [6, 6.07) is 13.3.